The number of nitrogens with one attached hydrogen (secondary N) is 2. The molecular weight excluding hydrogens is 270 g/mol. The molecule has 6 heteroatoms. The number of aromatic nitrogens is 2. The van der Waals surface area contributed by atoms with Gasteiger partial charge in [0.1, 0.15) is 17.3 Å². The van der Waals surface area contributed by atoms with Crippen molar-refractivity contribution < 1.29 is 14.3 Å². The molecule has 0 radical (unpaired) electrons. The van der Waals surface area contributed by atoms with Gasteiger partial charge in [-0.1, -0.05) is 6.92 Å². The second-order valence-electron chi connectivity index (χ2n) is 4.37. The number of hydrogen-bond acceptors (Lipinski definition) is 4. The maximum Gasteiger partial charge on any atom is 0.263 e. The van der Waals surface area contributed by atoms with E-state index < -0.39 is 0 Å². The van der Waals surface area contributed by atoms with Crippen LogP contribution >= 0.6 is 0 Å². The Morgan fingerprint density at radius 1 is 1.19 bits per heavy atom. The minimum atomic E-state index is -0.233. The van der Waals surface area contributed by atoms with Crippen LogP contribution in [0.1, 0.15) is 19.4 Å². The summed E-state index contributed by atoms with van der Waals surface area (Å²) in [5.74, 6) is 1.79. The van der Waals surface area contributed by atoms with E-state index in [-0.39, 0.29) is 12.5 Å². The highest BCUT2D eigenvalue weighted by molar-refractivity contribution is 5.91. The fraction of sp³-hybridized carbons (Fsp3) is 0.333. The van der Waals surface area contributed by atoms with E-state index in [0.29, 0.717) is 18.2 Å². The number of carbonyl (C=O) groups excluding carboxylic acids is 1. The lowest BCUT2D eigenvalue weighted by Gasteiger charge is -2.08. The van der Waals surface area contributed by atoms with E-state index in [0.717, 1.165) is 17.7 Å². The average molecular weight is 289 g/mol. The standard InChI is InChI=1S/C15H19N3O3/c1-3-11-9-16-18-15(11)17-14(19)10-21-13-7-5-12(6-8-13)20-4-2/h5-9H,3-4,10H2,1-2H3,(H2,16,17,18,19). The lowest BCUT2D eigenvalue weighted by atomic mass is 10.2. The lowest BCUT2D eigenvalue weighted by Crippen LogP contribution is -2.21. The Bertz CT molecular complexity index is 578. The summed E-state index contributed by atoms with van der Waals surface area (Å²) in [5, 5.41) is 9.39. The second kappa shape index (κ2) is 7.33. The molecule has 2 aromatic rings. The summed E-state index contributed by atoms with van der Waals surface area (Å²) in [5.41, 5.74) is 0.962. The van der Waals surface area contributed by atoms with Gasteiger partial charge in [-0.15, -0.1) is 0 Å². The molecule has 1 aromatic heterocycles. The van der Waals surface area contributed by atoms with Crippen LogP contribution in [-0.4, -0.2) is 29.3 Å². The number of ether oxygens (including phenoxy) is 2. The Morgan fingerprint density at radius 3 is 2.48 bits per heavy atom. The Morgan fingerprint density at radius 2 is 1.86 bits per heavy atom. The Hall–Kier alpha value is -2.50. The minimum absolute atomic E-state index is 0.0594. The quantitative estimate of drug-likeness (QED) is 0.820. The summed E-state index contributed by atoms with van der Waals surface area (Å²) < 4.78 is 10.8. The van der Waals surface area contributed by atoms with Gasteiger partial charge in [-0.2, -0.15) is 5.10 Å². The van der Waals surface area contributed by atoms with Crippen LogP contribution in [0.15, 0.2) is 30.5 Å². The van der Waals surface area contributed by atoms with Crippen molar-refractivity contribution in [3.8, 4) is 11.5 Å². The second-order valence-corrected chi connectivity index (χ2v) is 4.37. The number of hydrogen-bond donors (Lipinski definition) is 2. The predicted octanol–water partition coefficient (Wildman–Crippen LogP) is 2.39. The van der Waals surface area contributed by atoms with Gasteiger partial charge in [0.2, 0.25) is 0 Å². The molecule has 0 unspecified atom stereocenters. The molecule has 6 nitrogen and oxygen atoms in total. The molecule has 0 bridgehead atoms. The molecule has 0 aliphatic heterocycles. The predicted molar refractivity (Wildman–Crippen MR) is 79.7 cm³/mol. The summed E-state index contributed by atoms with van der Waals surface area (Å²) in [6.45, 7) is 4.48. The summed E-state index contributed by atoms with van der Waals surface area (Å²) in [6, 6.07) is 7.15. The van der Waals surface area contributed by atoms with Crippen LogP contribution in [0.25, 0.3) is 0 Å². The highest BCUT2D eigenvalue weighted by Crippen LogP contribution is 2.17. The number of rotatable bonds is 7. The number of carbonyl (C=O) groups is 1. The average Bonchev–Trinajstić information content (AvgIpc) is 2.94. The molecule has 2 N–H and O–H groups in total. The lowest BCUT2D eigenvalue weighted by molar-refractivity contribution is -0.118. The number of amides is 1. The van der Waals surface area contributed by atoms with Crippen molar-refractivity contribution in [3.05, 3.63) is 36.0 Å². The molecule has 0 saturated carbocycles. The van der Waals surface area contributed by atoms with E-state index in [1.807, 2.05) is 13.8 Å². The van der Waals surface area contributed by atoms with Gasteiger partial charge in [-0.3, -0.25) is 9.89 Å². The topological polar surface area (TPSA) is 76.2 Å². The zero-order valence-corrected chi connectivity index (χ0v) is 12.2. The molecule has 1 aromatic carbocycles. The van der Waals surface area contributed by atoms with Gasteiger partial charge in [0.25, 0.3) is 5.91 Å². The first-order valence-electron chi connectivity index (χ1n) is 6.90. The summed E-state index contributed by atoms with van der Waals surface area (Å²) in [6.07, 6.45) is 2.49. The van der Waals surface area contributed by atoms with Gasteiger partial charge in [-0.25, -0.2) is 0 Å². The molecule has 112 valence electrons. The van der Waals surface area contributed by atoms with E-state index in [1.54, 1.807) is 30.5 Å². The molecule has 0 aliphatic carbocycles. The SMILES string of the molecule is CCOc1ccc(OCC(=O)Nc2[nH]ncc2CC)cc1. The van der Waals surface area contributed by atoms with E-state index in [1.165, 1.54) is 0 Å². The molecule has 0 spiro atoms. The number of anilines is 1. The van der Waals surface area contributed by atoms with Crippen molar-refractivity contribution in [1.29, 1.82) is 0 Å². The number of aromatic amines is 1. The minimum Gasteiger partial charge on any atom is -0.494 e. The first kappa shape index (κ1) is 14.9. The van der Waals surface area contributed by atoms with Crippen molar-refractivity contribution in [2.45, 2.75) is 20.3 Å². The van der Waals surface area contributed by atoms with Crippen molar-refractivity contribution in [1.82, 2.24) is 10.2 Å². The Kier molecular flexibility index (Phi) is 5.20. The number of benzene rings is 1. The maximum absolute atomic E-state index is 11.8. The van der Waals surface area contributed by atoms with Gasteiger partial charge in [0, 0.05) is 5.56 Å². The normalized spacial score (nSPS) is 10.2. The fourth-order valence-corrected chi connectivity index (χ4v) is 1.81. The molecule has 1 heterocycles. The van der Waals surface area contributed by atoms with Crippen molar-refractivity contribution in [3.63, 3.8) is 0 Å². The molecule has 21 heavy (non-hydrogen) atoms. The zero-order chi connectivity index (χ0) is 15.1. The summed E-state index contributed by atoms with van der Waals surface area (Å²) in [4.78, 5) is 11.8. The monoisotopic (exact) mass is 289 g/mol. The van der Waals surface area contributed by atoms with E-state index in [2.05, 4.69) is 15.5 Å². The number of aryl methyl sites for hydroxylation is 1. The van der Waals surface area contributed by atoms with Gasteiger partial charge >= 0.3 is 0 Å². The third-order valence-electron chi connectivity index (χ3n) is 2.87. The third kappa shape index (κ3) is 4.24. The molecule has 0 aliphatic rings. The van der Waals surface area contributed by atoms with Crippen molar-refractivity contribution >= 4 is 11.7 Å². The fourth-order valence-electron chi connectivity index (χ4n) is 1.81. The van der Waals surface area contributed by atoms with Crippen LogP contribution in [-0.2, 0) is 11.2 Å². The van der Waals surface area contributed by atoms with E-state index in [9.17, 15) is 4.79 Å². The first-order chi connectivity index (χ1) is 10.2. The molecule has 0 atom stereocenters. The molecular formula is C15H19N3O3. The van der Waals surface area contributed by atoms with Gasteiger partial charge < -0.3 is 14.8 Å². The van der Waals surface area contributed by atoms with Crippen LogP contribution in [0, 0.1) is 0 Å². The zero-order valence-electron chi connectivity index (χ0n) is 12.2. The van der Waals surface area contributed by atoms with E-state index in [4.69, 9.17) is 9.47 Å². The van der Waals surface area contributed by atoms with Crippen LogP contribution in [0.4, 0.5) is 5.82 Å². The van der Waals surface area contributed by atoms with Crippen LogP contribution in [0.3, 0.4) is 0 Å². The third-order valence-corrected chi connectivity index (χ3v) is 2.87. The maximum atomic E-state index is 11.8. The molecule has 1 amide bonds. The van der Waals surface area contributed by atoms with Gasteiger partial charge in [-0.05, 0) is 37.6 Å². The molecule has 2 rings (SSSR count). The van der Waals surface area contributed by atoms with Crippen LogP contribution in [0.5, 0.6) is 11.5 Å². The van der Waals surface area contributed by atoms with Crippen molar-refractivity contribution in [2.24, 2.45) is 0 Å². The van der Waals surface area contributed by atoms with E-state index >= 15 is 0 Å². The highest BCUT2D eigenvalue weighted by Gasteiger charge is 2.08. The van der Waals surface area contributed by atoms with Crippen LogP contribution < -0.4 is 14.8 Å². The Balaban J connectivity index is 1.83. The highest BCUT2D eigenvalue weighted by atomic mass is 16.5. The first-order valence-corrected chi connectivity index (χ1v) is 6.90. The summed E-state index contributed by atoms with van der Waals surface area (Å²) >= 11 is 0. The van der Waals surface area contributed by atoms with Crippen molar-refractivity contribution in [2.75, 3.05) is 18.5 Å². The van der Waals surface area contributed by atoms with Gasteiger partial charge in [0.15, 0.2) is 6.61 Å². The smallest absolute Gasteiger partial charge is 0.263 e. The summed E-state index contributed by atoms with van der Waals surface area (Å²) in [7, 11) is 0. The van der Waals surface area contributed by atoms with Gasteiger partial charge in [0.05, 0.1) is 12.8 Å². The molecule has 0 fully saturated rings. The number of nitrogens with zero attached hydrogens (tertiary/aromatic N) is 1. The van der Waals surface area contributed by atoms with Crippen LogP contribution in [0.2, 0.25) is 0 Å². The Labute approximate surface area is 123 Å². The largest absolute Gasteiger partial charge is 0.494 e. The number of H-pyrrole nitrogens is 1. The molecule has 0 saturated heterocycles.